The average Bonchev–Trinajstić information content (AvgIpc) is 3.04. The lowest BCUT2D eigenvalue weighted by atomic mass is 10.1. The summed E-state index contributed by atoms with van der Waals surface area (Å²) < 4.78 is 5.99. The Labute approximate surface area is 121 Å². The first-order chi connectivity index (χ1) is 9.95. The minimum atomic E-state index is -0.601. The van der Waals surface area contributed by atoms with Crippen LogP contribution in [0, 0.1) is 0 Å². The van der Waals surface area contributed by atoms with Gasteiger partial charge in [0, 0.05) is 13.1 Å². The number of ether oxygens (including phenoxy) is 1. The minimum absolute atomic E-state index is 0.0747. The number of urea groups is 1. The number of amides is 3. The molecule has 0 aromatic carbocycles. The molecule has 1 saturated heterocycles. The molecular formula is C12H17N5O4. The fraction of sp³-hybridized carbons (Fsp3) is 0.583. The number of carbonyl (C=O) groups is 3. The Hall–Kier alpha value is -2.45. The SMILES string of the molecule is COC(=O)c1nnn(CC(=O)N2CCNC2=O)c1C(C)C. The fourth-order valence-corrected chi connectivity index (χ4v) is 2.17. The van der Waals surface area contributed by atoms with Crippen molar-refractivity contribution in [2.45, 2.75) is 26.3 Å². The standard InChI is InChI=1S/C12H17N5O4/c1-7(2)10-9(11(19)21-3)14-15-17(10)6-8(18)16-5-4-13-12(16)20/h7H,4-6H2,1-3H3,(H,13,20). The van der Waals surface area contributed by atoms with Crippen molar-refractivity contribution >= 4 is 17.9 Å². The molecule has 0 saturated carbocycles. The summed E-state index contributed by atoms with van der Waals surface area (Å²) in [5.41, 5.74) is 0.598. The Morgan fingerprint density at radius 3 is 2.67 bits per heavy atom. The molecule has 1 N–H and O–H groups in total. The van der Waals surface area contributed by atoms with Gasteiger partial charge in [-0.15, -0.1) is 5.10 Å². The van der Waals surface area contributed by atoms with Gasteiger partial charge in [-0.1, -0.05) is 19.1 Å². The highest BCUT2D eigenvalue weighted by Gasteiger charge is 2.29. The smallest absolute Gasteiger partial charge is 0.360 e. The third-order valence-electron chi connectivity index (χ3n) is 3.14. The number of rotatable bonds is 4. The molecule has 1 aromatic heterocycles. The molecule has 2 rings (SSSR count). The number of nitrogens with zero attached hydrogens (tertiary/aromatic N) is 4. The number of hydrogen-bond acceptors (Lipinski definition) is 6. The highest BCUT2D eigenvalue weighted by atomic mass is 16.5. The second-order valence-corrected chi connectivity index (χ2v) is 4.90. The van der Waals surface area contributed by atoms with Crippen molar-refractivity contribution in [3.05, 3.63) is 11.4 Å². The van der Waals surface area contributed by atoms with Gasteiger partial charge >= 0.3 is 12.0 Å². The van der Waals surface area contributed by atoms with Gasteiger partial charge in [0.05, 0.1) is 12.8 Å². The maximum Gasteiger partial charge on any atom is 0.360 e. The molecule has 9 heteroatoms. The topological polar surface area (TPSA) is 106 Å². The quantitative estimate of drug-likeness (QED) is 0.767. The van der Waals surface area contributed by atoms with Crippen molar-refractivity contribution < 1.29 is 19.1 Å². The van der Waals surface area contributed by atoms with E-state index >= 15 is 0 Å². The van der Waals surface area contributed by atoms with Crippen LogP contribution in [0.3, 0.4) is 0 Å². The summed E-state index contributed by atoms with van der Waals surface area (Å²) >= 11 is 0. The van der Waals surface area contributed by atoms with Crippen molar-refractivity contribution in [1.82, 2.24) is 25.2 Å². The molecular weight excluding hydrogens is 278 g/mol. The lowest BCUT2D eigenvalue weighted by molar-refractivity contribution is -0.128. The van der Waals surface area contributed by atoms with Crippen molar-refractivity contribution in [3.8, 4) is 0 Å². The zero-order chi connectivity index (χ0) is 15.6. The van der Waals surface area contributed by atoms with Crippen LogP contribution in [-0.2, 0) is 16.1 Å². The third kappa shape index (κ3) is 2.86. The van der Waals surface area contributed by atoms with E-state index < -0.39 is 17.9 Å². The number of aromatic nitrogens is 3. The maximum atomic E-state index is 12.1. The van der Waals surface area contributed by atoms with E-state index in [2.05, 4.69) is 20.4 Å². The predicted molar refractivity (Wildman–Crippen MR) is 70.6 cm³/mol. The first-order valence-electron chi connectivity index (χ1n) is 6.55. The van der Waals surface area contributed by atoms with E-state index in [4.69, 9.17) is 0 Å². The maximum absolute atomic E-state index is 12.1. The number of methoxy groups -OCH3 is 1. The lowest BCUT2D eigenvalue weighted by Crippen LogP contribution is -2.37. The summed E-state index contributed by atoms with van der Waals surface area (Å²) in [6, 6.07) is -0.417. The van der Waals surface area contributed by atoms with Crippen LogP contribution in [0.1, 0.15) is 35.9 Å². The predicted octanol–water partition coefficient (Wildman–Crippen LogP) is -0.260. The molecule has 21 heavy (non-hydrogen) atoms. The zero-order valence-corrected chi connectivity index (χ0v) is 12.1. The van der Waals surface area contributed by atoms with E-state index in [0.29, 0.717) is 18.8 Å². The van der Waals surface area contributed by atoms with Crippen LogP contribution in [0.4, 0.5) is 4.79 Å². The summed E-state index contributed by atoms with van der Waals surface area (Å²) in [4.78, 5) is 36.3. The fourth-order valence-electron chi connectivity index (χ4n) is 2.17. The van der Waals surface area contributed by atoms with Crippen molar-refractivity contribution in [2.24, 2.45) is 0 Å². The molecule has 0 bridgehead atoms. The van der Waals surface area contributed by atoms with Gasteiger partial charge in [0.15, 0.2) is 5.69 Å². The molecule has 0 aliphatic carbocycles. The van der Waals surface area contributed by atoms with Crippen molar-refractivity contribution in [2.75, 3.05) is 20.2 Å². The van der Waals surface area contributed by atoms with E-state index in [1.807, 2.05) is 13.8 Å². The number of imide groups is 1. The second-order valence-electron chi connectivity index (χ2n) is 4.90. The zero-order valence-electron chi connectivity index (χ0n) is 12.1. The van der Waals surface area contributed by atoms with Crippen LogP contribution in [0.2, 0.25) is 0 Å². The van der Waals surface area contributed by atoms with Crippen LogP contribution >= 0.6 is 0 Å². The molecule has 1 aliphatic rings. The molecule has 9 nitrogen and oxygen atoms in total. The summed E-state index contributed by atoms with van der Waals surface area (Å²) in [7, 11) is 1.26. The van der Waals surface area contributed by atoms with Gasteiger partial charge in [-0.05, 0) is 5.92 Å². The van der Waals surface area contributed by atoms with Gasteiger partial charge in [0.25, 0.3) is 5.91 Å². The first kappa shape index (κ1) is 14.9. The van der Waals surface area contributed by atoms with Crippen molar-refractivity contribution in [1.29, 1.82) is 0 Å². The Morgan fingerprint density at radius 1 is 1.43 bits per heavy atom. The van der Waals surface area contributed by atoms with Crippen molar-refractivity contribution in [3.63, 3.8) is 0 Å². The van der Waals surface area contributed by atoms with E-state index in [0.717, 1.165) is 4.90 Å². The van der Waals surface area contributed by atoms with Gasteiger partial charge in [-0.2, -0.15) is 0 Å². The highest BCUT2D eigenvalue weighted by molar-refractivity contribution is 5.95. The molecule has 0 radical (unpaired) electrons. The summed E-state index contributed by atoms with van der Waals surface area (Å²) in [5, 5.41) is 10.2. The normalized spacial score (nSPS) is 14.5. The van der Waals surface area contributed by atoms with Crippen LogP contribution < -0.4 is 5.32 Å². The number of hydrogen-bond donors (Lipinski definition) is 1. The van der Waals surface area contributed by atoms with E-state index in [1.165, 1.54) is 11.8 Å². The van der Waals surface area contributed by atoms with Gasteiger partial charge < -0.3 is 10.1 Å². The summed E-state index contributed by atoms with van der Waals surface area (Å²) in [6.07, 6.45) is 0. The molecule has 2 heterocycles. The largest absolute Gasteiger partial charge is 0.464 e. The number of nitrogens with one attached hydrogen (secondary N) is 1. The molecule has 1 aromatic rings. The average molecular weight is 295 g/mol. The molecule has 114 valence electrons. The van der Waals surface area contributed by atoms with Crippen LogP contribution in [0.15, 0.2) is 0 Å². The number of carbonyl (C=O) groups excluding carboxylic acids is 3. The molecule has 1 fully saturated rings. The first-order valence-corrected chi connectivity index (χ1v) is 6.55. The summed E-state index contributed by atoms with van der Waals surface area (Å²) in [6.45, 7) is 4.33. The Balaban J connectivity index is 2.24. The second kappa shape index (κ2) is 5.90. The summed E-state index contributed by atoms with van der Waals surface area (Å²) in [5.74, 6) is -1.07. The third-order valence-corrected chi connectivity index (χ3v) is 3.14. The number of esters is 1. The molecule has 1 aliphatic heterocycles. The highest BCUT2D eigenvalue weighted by Crippen LogP contribution is 2.18. The molecule has 0 atom stereocenters. The Morgan fingerprint density at radius 2 is 2.14 bits per heavy atom. The molecule has 3 amide bonds. The Bertz CT molecular complexity index is 580. The monoisotopic (exact) mass is 295 g/mol. The van der Waals surface area contributed by atoms with Gasteiger partial charge in [-0.25, -0.2) is 14.3 Å². The Kier molecular flexibility index (Phi) is 4.20. The molecule has 0 unspecified atom stereocenters. The van der Waals surface area contributed by atoms with Gasteiger partial charge in [0.1, 0.15) is 6.54 Å². The van der Waals surface area contributed by atoms with Crippen LogP contribution in [-0.4, -0.2) is 58.0 Å². The van der Waals surface area contributed by atoms with Gasteiger partial charge in [-0.3, -0.25) is 9.69 Å². The van der Waals surface area contributed by atoms with Gasteiger partial charge in [0.2, 0.25) is 0 Å². The lowest BCUT2D eigenvalue weighted by Gasteiger charge is -2.14. The van der Waals surface area contributed by atoms with Crippen LogP contribution in [0.25, 0.3) is 0 Å². The van der Waals surface area contributed by atoms with E-state index in [9.17, 15) is 14.4 Å². The van der Waals surface area contributed by atoms with Crippen LogP contribution in [0.5, 0.6) is 0 Å². The van der Waals surface area contributed by atoms with E-state index in [-0.39, 0.29) is 18.2 Å². The van der Waals surface area contributed by atoms with E-state index in [1.54, 1.807) is 0 Å². The molecule has 0 spiro atoms. The minimum Gasteiger partial charge on any atom is -0.464 e.